The molecule has 0 fully saturated rings. The number of nitrogens with zero attached hydrogens (tertiary/aromatic N) is 2. The summed E-state index contributed by atoms with van der Waals surface area (Å²) >= 11 is 0. The SMILES string of the molecule is CCC(CCO)Nc1nc(C(=O)OC)ccc1[N+](=O)[O-]. The van der Waals surface area contributed by atoms with Crippen molar-refractivity contribution >= 4 is 17.5 Å². The molecule has 1 rings (SSSR count). The first-order valence-corrected chi connectivity index (χ1v) is 6.14. The molecule has 0 bridgehead atoms. The Bertz CT molecular complexity index is 492. The lowest BCUT2D eigenvalue weighted by Crippen LogP contribution is -2.22. The van der Waals surface area contributed by atoms with E-state index in [1.807, 2.05) is 6.92 Å². The van der Waals surface area contributed by atoms with E-state index in [2.05, 4.69) is 15.0 Å². The lowest BCUT2D eigenvalue weighted by molar-refractivity contribution is -0.384. The van der Waals surface area contributed by atoms with Crippen molar-refractivity contribution in [3.05, 3.63) is 27.9 Å². The predicted molar refractivity (Wildman–Crippen MR) is 71.6 cm³/mol. The number of pyridine rings is 1. The highest BCUT2D eigenvalue weighted by atomic mass is 16.6. The Hall–Kier alpha value is -2.22. The summed E-state index contributed by atoms with van der Waals surface area (Å²) in [5.74, 6) is -0.670. The van der Waals surface area contributed by atoms with Gasteiger partial charge in [-0.3, -0.25) is 10.1 Å². The molecular formula is C12H17N3O5. The molecule has 0 aliphatic heterocycles. The number of anilines is 1. The van der Waals surface area contributed by atoms with Crippen LogP contribution in [0.15, 0.2) is 12.1 Å². The van der Waals surface area contributed by atoms with Gasteiger partial charge in [0.15, 0.2) is 5.69 Å². The van der Waals surface area contributed by atoms with E-state index in [0.717, 1.165) is 0 Å². The Morgan fingerprint density at radius 3 is 2.80 bits per heavy atom. The van der Waals surface area contributed by atoms with Crippen molar-refractivity contribution in [2.24, 2.45) is 0 Å². The lowest BCUT2D eigenvalue weighted by Gasteiger charge is -2.16. The number of aromatic nitrogens is 1. The van der Waals surface area contributed by atoms with Crippen molar-refractivity contribution in [1.29, 1.82) is 0 Å². The lowest BCUT2D eigenvalue weighted by atomic mass is 10.1. The zero-order chi connectivity index (χ0) is 15.1. The summed E-state index contributed by atoms with van der Waals surface area (Å²) in [6, 6.07) is 2.27. The van der Waals surface area contributed by atoms with Gasteiger partial charge in [-0.15, -0.1) is 0 Å². The Morgan fingerprint density at radius 2 is 2.30 bits per heavy atom. The Balaban J connectivity index is 3.11. The summed E-state index contributed by atoms with van der Waals surface area (Å²) in [6.45, 7) is 1.83. The van der Waals surface area contributed by atoms with Crippen molar-refractivity contribution < 1.29 is 19.6 Å². The third kappa shape index (κ3) is 3.89. The van der Waals surface area contributed by atoms with Crippen LogP contribution in [0.5, 0.6) is 0 Å². The van der Waals surface area contributed by atoms with Gasteiger partial charge in [0, 0.05) is 18.7 Å². The van der Waals surface area contributed by atoms with Gasteiger partial charge in [-0.25, -0.2) is 9.78 Å². The molecule has 0 amide bonds. The van der Waals surface area contributed by atoms with Crippen LogP contribution in [-0.4, -0.2) is 40.7 Å². The molecule has 1 aromatic rings. The number of carbonyl (C=O) groups excluding carboxylic acids is 1. The highest BCUT2D eigenvalue weighted by Gasteiger charge is 2.20. The average molecular weight is 283 g/mol. The number of rotatable bonds is 7. The molecule has 0 aliphatic carbocycles. The van der Waals surface area contributed by atoms with Gasteiger partial charge in [-0.1, -0.05) is 6.92 Å². The number of nitro groups is 1. The van der Waals surface area contributed by atoms with Crippen molar-refractivity contribution in [3.63, 3.8) is 0 Å². The van der Waals surface area contributed by atoms with Gasteiger partial charge < -0.3 is 15.2 Å². The number of carbonyl (C=O) groups is 1. The number of methoxy groups -OCH3 is 1. The molecule has 0 saturated carbocycles. The molecule has 2 N–H and O–H groups in total. The number of hydrogen-bond acceptors (Lipinski definition) is 7. The number of ether oxygens (including phenoxy) is 1. The second-order valence-corrected chi connectivity index (χ2v) is 4.07. The minimum absolute atomic E-state index is 0.00167. The number of hydrogen-bond donors (Lipinski definition) is 2. The fourth-order valence-corrected chi connectivity index (χ4v) is 1.65. The molecule has 8 nitrogen and oxygen atoms in total. The van der Waals surface area contributed by atoms with Crippen LogP contribution in [0.1, 0.15) is 30.3 Å². The van der Waals surface area contributed by atoms with Crippen molar-refractivity contribution in [3.8, 4) is 0 Å². The van der Waals surface area contributed by atoms with Crippen LogP contribution in [0.4, 0.5) is 11.5 Å². The molecule has 1 aromatic heterocycles. The van der Waals surface area contributed by atoms with Gasteiger partial charge in [0.25, 0.3) is 0 Å². The normalized spacial score (nSPS) is 11.8. The number of aliphatic hydroxyl groups excluding tert-OH is 1. The second kappa shape index (κ2) is 7.39. The molecule has 1 unspecified atom stereocenters. The molecule has 0 aliphatic rings. The van der Waals surface area contributed by atoms with Crippen molar-refractivity contribution in [2.45, 2.75) is 25.8 Å². The van der Waals surface area contributed by atoms with E-state index >= 15 is 0 Å². The van der Waals surface area contributed by atoms with Gasteiger partial charge in [0.2, 0.25) is 5.82 Å². The van der Waals surface area contributed by atoms with E-state index in [1.165, 1.54) is 19.2 Å². The van der Waals surface area contributed by atoms with Gasteiger partial charge >= 0.3 is 11.7 Å². The van der Waals surface area contributed by atoms with Crippen molar-refractivity contribution in [2.75, 3.05) is 19.0 Å². The summed E-state index contributed by atoms with van der Waals surface area (Å²) in [6.07, 6.45) is 1.08. The maximum atomic E-state index is 11.4. The zero-order valence-electron chi connectivity index (χ0n) is 11.3. The monoisotopic (exact) mass is 283 g/mol. The van der Waals surface area contributed by atoms with Crippen LogP contribution in [-0.2, 0) is 4.74 Å². The third-order valence-electron chi connectivity index (χ3n) is 2.78. The Kier molecular flexibility index (Phi) is 5.85. The fraction of sp³-hybridized carbons (Fsp3) is 0.500. The van der Waals surface area contributed by atoms with Crippen LogP contribution in [0.25, 0.3) is 0 Å². The molecule has 0 radical (unpaired) electrons. The summed E-state index contributed by atoms with van der Waals surface area (Å²) in [5.41, 5.74) is -0.242. The van der Waals surface area contributed by atoms with Crippen molar-refractivity contribution in [1.82, 2.24) is 4.98 Å². The molecule has 0 saturated heterocycles. The quantitative estimate of drug-likeness (QED) is 0.441. The standard InChI is InChI=1S/C12H17N3O5/c1-3-8(6-7-16)13-11-10(15(18)19)5-4-9(14-11)12(17)20-2/h4-5,8,16H,3,6-7H2,1-2H3,(H,13,14). The maximum Gasteiger partial charge on any atom is 0.356 e. The van der Waals surface area contributed by atoms with Crippen LogP contribution >= 0.6 is 0 Å². The number of esters is 1. The molecular weight excluding hydrogens is 266 g/mol. The van der Waals surface area contributed by atoms with E-state index in [0.29, 0.717) is 12.8 Å². The van der Waals surface area contributed by atoms with E-state index < -0.39 is 10.9 Å². The Labute approximate surface area is 115 Å². The summed E-state index contributed by atoms with van der Waals surface area (Å²) in [4.78, 5) is 25.7. The largest absolute Gasteiger partial charge is 0.464 e. The van der Waals surface area contributed by atoms with Gasteiger partial charge in [-0.2, -0.15) is 0 Å². The highest BCUT2D eigenvalue weighted by molar-refractivity contribution is 5.88. The smallest absolute Gasteiger partial charge is 0.356 e. The van der Waals surface area contributed by atoms with E-state index in [-0.39, 0.29) is 29.8 Å². The molecule has 110 valence electrons. The minimum Gasteiger partial charge on any atom is -0.464 e. The van der Waals surface area contributed by atoms with Crippen LogP contribution in [0.3, 0.4) is 0 Å². The second-order valence-electron chi connectivity index (χ2n) is 4.07. The number of nitrogens with one attached hydrogen (secondary N) is 1. The van der Waals surface area contributed by atoms with E-state index in [9.17, 15) is 14.9 Å². The molecule has 1 atom stereocenters. The summed E-state index contributed by atoms with van der Waals surface area (Å²) in [7, 11) is 1.21. The number of aliphatic hydroxyl groups is 1. The summed E-state index contributed by atoms with van der Waals surface area (Å²) < 4.78 is 4.53. The van der Waals surface area contributed by atoms with E-state index in [4.69, 9.17) is 5.11 Å². The van der Waals surface area contributed by atoms with Gasteiger partial charge in [-0.05, 0) is 18.9 Å². The van der Waals surface area contributed by atoms with Gasteiger partial charge in [0.1, 0.15) is 0 Å². The average Bonchev–Trinajstić information content (AvgIpc) is 2.45. The van der Waals surface area contributed by atoms with Gasteiger partial charge in [0.05, 0.1) is 12.0 Å². The fourth-order valence-electron chi connectivity index (χ4n) is 1.65. The first-order chi connectivity index (χ1) is 9.53. The molecule has 8 heteroatoms. The molecule has 0 aromatic carbocycles. The predicted octanol–water partition coefficient (Wildman–Crippen LogP) is 1.35. The van der Waals surface area contributed by atoms with Crippen LogP contribution < -0.4 is 5.32 Å². The third-order valence-corrected chi connectivity index (χ3v) is 2.78. The summed E-state index contributed by atoms with van der Waals surface area (Å²) in [5, 5.41) is 22.8. The molecule has 20 heavy (non-hydrogen) atoms. The van der Waals surface area contributed by atoms with Crippen LogP contribution in [0, 0.1) is 10.1 Å². The minimum atomic E-state index is -0.668. The first-order valence-electron chi connectivity index (χ1n) is 6.14. The maximum absolute atomic E-state index is 11.4. The Morgan fingerprint density at radius 1 is 1.60 bits per heavy atom. The first kappa shape index (κ1) is 15.8. The topological polar surface area (TPSA) is 115 Å². The van der Waals surface area contributed by atoms with Crippen LogP contribution in [0.2, 0.25) is 0 Å². The molecule has 1 heterocycles. The zero-order valence-corrected chi connectivity index (χ0v) is 11.3. The highest BCUT2D eigenvalue weighted by Crippen LogP contribution is 2.24. The molecule has 0 spiro atoms. The van der Waals surface area contributed by atoms with E-state index in [1.54, 1.807) is 0 Å².